The first-order valence-electron chi connectivity index (χ1n) is 6.95. The van der Waals surface area contributed by atoms with Crippen molar-refractivity contribution in [1.29, 1.82) is 0 Å². The van der Waals surface area contributed by atoms with E-state index in [9.17, 15) is 4.39 Å². The van der Waals surface area contributed by atoms with Gasteiger partial charge in [0, 0.05) is 39.6 Å². The molecule has 8 heteroatoms. The highest BCUT2D eigenvalue weighted by molar-refractivity contribution is 14.0. The van der Waals surface area contributed by atoms with Crippen LogP contribution in [0.3, 0.4) is 0 Å². The van der Waals surface area contributed by atoms with E-state index in [0.29, 0.717) is 31.3 Å². The molecule has 2 aromatic rings. The molecular formula is C15H21FIN5O. The minimum absolute atomic E-state index is 0. The second-order valence-corrected chi connectivity index (χ2v) is 4.60. The Morgan fingerprint density at radius 2 is 2.22 bits per heavy atom. The Kier molecular flexibility index (Phi) is 8.56. The fraction of sp³-hybridized carbons (Fsp3) is 0.333. The van der Waals surface area contributed by atoms with Crippen LogP contribution >= 0.6 is 24.0 Å². The van der Waals surface area contributed by atoms with Crippen LogP contribution in [0.2, 0.25) is 0 Å². The summed E-state index contributed by atoms with van der Waals surface area (Å²) in [6.45, 7) is 1.73. The normalized spacial score (nSPS) is 11.0. The maximum atomic E-state index is 14.1. The zero-order valence-corrected chi connectivity index (χ0v) is 15.5. The van der Waals surface area contributed by atoms with Crippen LogP contribution in [0, 0.1) is 5.82 Å². The summed E-state index contributed by atoms with van der Waals surface area (Å²) in [4.78, 5) is 8.01. The zero-order chi connectivity index (χ0) is 15.8. The molecule has 0 saturated heterocycles. The van der Waals surface area contributed by atoms with Gasteiger partial charge in [-0.15, -0.1) is 24.0 Å². The number of imidazole rings is 1. The summed E-state index contributed by atoms with van der Waals surface area (Å²) in [5.74, 6) is 0.357. The number of nitrogens with one attached hydrogen (secondary N) is 2. The van der Waals surface area contributed by atoms with E-state index in [2.05, 4.69) is 20.6 Å². The second-order valence-electron chi connectivity index (χ2n) is 4.60. The number of rotatable bonds is 6. The maximum absolute atomic E-state index is 14.1. The minimum atomic E-state index is -0.292. The third kappa shape index (κ3) is 5.79. The highest BCUT2D eigenvalue weighted by Gasteiger charge is 2.06. The molecule has 0 amide bonds. The van der Waals surface area contributed by atoms with Crippen molar-refractivity contribution in [2.24, 2.45) is 4.99 Å². The number of hydrogen-bond donors (Lipinski definition) is 2. The van der Waals surface area contributed by atoms with Gasteiger partial charge in [0.1, 0.15) is 5.82 Å². The van der Waals surface area contributed by atoms with Crippen LogP contribution < -0.4 is 10.6 Å². The smallest absolute Gasteiger partial charge is 0.191 e. The SMILES string of the molecule is CN=C(NCCOC)NCc1ccc(-n2ccnc2)c(F)c1.I. The number of aliphatic imine (C=N–C) groups is 1. The van der Waals surface area contributed by atoms with E-state index in [1.54, 1.807) is 43.5 Å². The average Bonchev–Trinajstić information content (AvgIpc) is 3.05. The Labute approximate surface area is 152 Å². The lowest BCUT2D eigenvalue weighted by Gasteiger charge is -2.12. The molecule has 2 N–H and O–H groups in total. The molecule has 0 fully saturated rings. The molecule has 1 aromatic heterocycles. The first-order chi connectivity index (χ1) is 10.7. The largest absolute Gasteiger partial charge is 0.383 e. The van der Waals surface area contributed by atoms with Crippen molar-refractivity contribution in [2.45, 2.75) is 6.54 Å². The van der Waals surface area contributed by atoms with Gasteiger partial charge >= 0.3 is 0 Å². The predicted octanol–water partition coefficient (Wildman–Crippen LogP) is 1.94. The zero-order valence-electron chi connectivity index (χ0n) is 13.1. The molecule has 6 nitrogen and oxygen atoms in total. The lowest BCUT2D eigenvalue weighted by molar-refractivity contribution is 0.203. The first-order valence-corrected chi connectivity index (χ1v) is 6.95. The van der Waals surface area contributed by atoms with E-state index in [0.717, 1.165) is 5.56 Å². The Morgan fingerprint density at radius 3 is 2.83 bits per heavy atom. The molecule has 0 radical (unpaired) electrons. The minimum Gasteiger partial charge on any atom is -0.383 e. The lowest BCUT2D eigenvalue weighted by atomic mass is 10.2. The number of hydrogen-bond acceptors (Lipinski definition) is 3. The third-order valence-electron chi connectivity index (χ3n) is 3.08. The maximum Gasteiger partial charge on any atom is 0.191 e. The molecule has 23 heavy (non-hydrogen) atoms. The molecule has 2 rings (SSSR count). The van der Waals surface area contributed by atoms with Gasteiger partial charge < -0.3 is 19.9 Å². The fourth-order valence-corrected chi connectivity index (χ4v) is 1.95. The van der Waals surface area contributed by atoms with E-state index in [-0.39, 0.29) is 29.8 Å². The van der Waals surface area contributed by atoms with Crippen LogP contribution in [-0.4, -0.2) is 42.8 Å². The molecule has 0 bridgehead atoms. The quantitative estimate of drug-likeness (QED) is 0.317. The van der Waals surface area contributed by atoms with Gasteiger partial charge in [-0.25, -0.2) is 9.37 Å². The number of guanidine groups is 1. The van der Waals surface area contributed by atoms with Crippen molar-refractivity contribution in [3.05, 3.63) is 48.3 Å². The summed E-state index contributed by atoms with van der Waals surface area (Å²) in [5, 5.41) is 6.22. The number of halogens is 2. The van der Waals surface area contributed by atoms with Crippen molar-refractivity contribution >= 4 is 29.9 Å². The Bertz CT molecular complexity index is 618. The fourth-order valence-electron chi connectivity index (χ4n) is 1.95. The molecule has 0 aliphatic heterocycles. The summed E-state index contributed by atoms with van der Waals surface area (Å²) in [6, 6.07) is 5.10. The van der Waals surface area contributed by atoms with Gasteiger partial charge in [-0.3, -0.25) is 4.99 Å². The topological polar surface area (TPSA) is 63.5 Å². The number of ether oxygens (including phenoxy) is 1. The van der Waals surface area contributed by atoms with Crippen molar-refractivity contribution in [2.75, 3.05) is 27.3 Å². The Hall–Kier alpha value is -1.68. The van der Waals surface area contributed by atoms with Crippen LogP contribution in [0.15, 0.2) is 41.9 Å². The molecule has 0 atom stereocenters. The van der Waals surface area contributed by atoms with Gasteiger partial charge in [-0.1, -0.05) is 6.07 Å². The van der Waals surface area contributed by atoms with Gasteiger partial charge in [0.15, 0.2) is 5.96 Å². The Balaban J connectivity index is 0.00000264. The van der Waals surface area contributed by atoms with E-state index in [1.165, 1.54) is 6.07 Å². The van der Waals surface area contributed by atoms with E-state index >= 15 is 0 Å². The average molecular weight is 433 g/mol. The highest BCUT2D eigenvalue weighted by Crippen LogP contribution is 2.14. The number of nitrogens with zero attached hydrogens (tertiary/aromatic N) is 3. The molecule has 0 spiro atoms. The van der Waals surface area contributed by atoms with Crippen molar-refractivity contribution in [3.8, 4) is 5.69 Å². The summed E-state index contributed by atoms with van der Waals surface area (Å²) < 4.78 is 20.7. The van der Waals surface area contributed by atoms with Crippen molar-refractivity contribution in [3.63, 3.8) is 0 Å². The molecular weight excluding hydrogens is 412 g/mol. The van der Waals surface area contributed by atoms with Crippen LogP contribution in [0.5, 0.6) is 0 Å². The number of methoxy groups -OCH3 is 1. The van der Waals surface area contributed by atoms with Crippen LogP contribution in [0.25, 0.3) is 5.69 Å². The highest BCUT2D eigenvalue weighted by atomic mass is 127. The van der Waals surface area contributed by atoms with Crippen LogP contribution in [0.4, 0.5) is 4.39 Å². The van der Waals surface area contributed by atoms with Gasteiger partial charge in [-0.05, 0) is 17.7 Å². The monoisotopic (exact) mass is 433 g/mol. The predicted molar refractivity (Wildman–Crippen MR) is 99.0 cm³/mol. The van der Waals surface area contributed by atoms with E-state index in [1.807, 2.05) is 6.07 Å². The number of aromatic nitrogens is 2. The molecule has 0 saturated carbocycles. The molecule has 0 aliphatic rings. The molecule has 126 valence electrons. The summed E-state index contributed by atoms with van der Waals surface area (Å²) in [6.07, 6.45) is 4.89. The molecule has 1 heterocycles. The van der Waals surface area contributed by atoms with Crippen LogP contribution in [0.1, 0.15) is 5.56 Å². The molecule has 0 aliphatic carbocycles. The standard InChI is InChI=1S/C15H20FN5O.HI/c1-17-15(19-6-8-22-2)20-10-12-3-4-14(13(16)9-12)21-7-5-18-11-21;/h3-5,7,9,11H,6,8,10H2,1-2H3,(H2,17,19,20);1H. The molecule has 0 unspecified atom stereocenters. The first kappa shape index (κ1) is 19.4. The number of benzene rings is 1. The Morgan fingerprint density at radius 1 is 1.39 bits per heavy atom. The van der Waals surface area contributed by atoms with Gasteiger partial charge in [0.05, 0.1) is 18.6 Å². The second kappa shape index (κ2) is 10.2. The summed E-state index contributed by atoms with van der Waals surface area (Å²) in [7, 11) is 3.33. The van der Waals surface area contributed by atoms with Gasteiger partial charge in [0.25, 0.3) is 0 Å². The third-order valence-corrected chi connectivity index (χ3v) is 3.08. The van der Waals surface area contributed by atoms with Gasteiger partial charge in [0.2, 0.25) is 0 Å². The van der Waals surface area contributed by atoms with E-state index < -0.39 is 0 Å². The van der Waals surface area contributed by atoms with E-state index in [4.69, 9.17) is 4.74 Å². The molecule has 1 aromatic carbocycles. The summed E-state index contributed by atoms with van der Waals surface area (Å²) in [5.41, 5.74) is 1.31. The summed E-state index contributed by atoms with van der Waals surface area (Å²) >= 11 is 0. The van der Waals surface area contributed by atoms with Crippen LogP contribution in [-0.2, 0) is 11.3 Å². The van der Waals surface area contributed by atoms with Crippen molar-refractivity contribution in [1.82, 2.24) is 20.2 Å². The van der Waals surface area contributed by atoms with Gasteiger partial charge in [-0.2, -0.15) is 0 Å². The van der Waals surface area contributed by atoms with Crippen molar-refractivity contribution < 1.29 is 9.13 Å². The lowest BCUT2D eigenvalue weighted by Crippen LogP contribution is -2.38.